The number of thiol groups is 1. The maximum absolute atomic E-state index is 13.8. The Hall–Kier alpha value is -7.64. The number of amides is 12. The van der Waals surface area contributed by atoms with Gasteiger partial charge in [-0.25, -0.2) is 0 Å². The summed E-state index contributed by atoms with van der Waals surface area (Å²) in [5.74, 6) is -12.2. The molecule has 0 saturated carbocycles. The molecular weight excluding hydrogens is 1020 g/mol. The predicted octanol–water partition coefficient (Wildman–Crippen LogP) is -8.43. The third kappa shape index (κ3) is 26.5. The molecule has 424 valence electrons. The summed E-state index contributed by atoms with van der Waals surface area (Å²) in [5, 5.41) is 31.2. The normalized spacial score (nSPS) is 14.0. The number of rotatable bonds is 37. The molecule has 0 aliphatic rings. The second-order valence-corrected chi connectivity index (χ2v) is 18.0. The van der Waals surface area contributed by atoms with Crippen molar-refractivity contribution in [3.05, 3.63) is 35.9 Å². The summed E-state index contributed by atoms with van der Waals surface area (Å²) in [6.45, 7) is 1.14. The van der Waals surface area contributed by atoms with Gasteiger partial charge in [-0.3, -0.25) is 62.5 Å². The van der Waals surface area contributed by atoms with E-state index < -0.39 is 151 Å². The number of carbonyl (C=O) groups excluding carboxylic acids is 12. The molecule has 24 N–H and O–H groups in total. The highest BCUT2D eigenvalue weighted by Crippen LogP contribution is 2.08. The zero-order valence-electron chi connectivity index (χ0n) is 42.5. The predicted molar refractivity (Wildman–Crippen MR) is 278 cm³/mol. The second kappa shape index (κ2) is 35.5. The Bertz CT molecular complexity index is 2190. The van der Waals surface area contributed by atoms with Crippen LogP contribution in [-0.2, 0) is 64.0 Å². The lowest BCUT2D eigenvalue weighted by atomic mass is 10.0. The summed E-state index contributed by atoms with van der Waals surface area (Å²) in [6.07, 6.45) is -0.176. The average molecular weight is 1090 g/mol. The van der Waals surface area contributed by atoms with E-state index in [-0.39, 0.29) is 56.9 Å². The largest absolute Gasteiger partial charge is 0.394 e. The molecule has 0 saturated heterocycles. The summed E-state index contributed by atoms with van der Waals surface area (Å²) in [7, 11) is 0. The first kappa shape index (κ1) is 66.4. The lowest BCUT2D eigenvalue weighted by Gasteiger charge is -2.25. The van der Waals surface area contributed by atoms with E-state index in [1.165, 1.54) is 0 Å². The Kier molecular flexibility index (Phi) is 31.0. The van der Waals surface area contributed by atoms with Crippen LogP contribution in [0, 0.1) is 5.92 Å². The molecule has 0 unspecified atom stereocenters. The highest BCUT2D eigenvalue weighted by Gasteiger charge is 2.33. The van der Waals surface area contributed by atoms with Crippen LogP contribution >= 0.6 is 12.6 Å². The molecule has 1 rings (SSSR count). The Morgan fingerprint density at radius 2 is 1.05 bits per heavy atom. The minimum Gasteiger partial charge on any atom is -0.394 e. The third-order valence-electron chi connectivity index (χ3n) is 11.0. The molecule has 0 aromatic heterocycles. The van der Waals surface area contributed by atoms with E-state index >= 15 is 0 Å². The summed E-state index contributed by atoms with van der Waals surface area (Å²) in [6, 6.07) is -2.99. The first-order chi connectivity index (χ1) is 35.8. The number of nitrogens with zero attached hydrogens (tertiary/aromatic N) is 1. The fraction of sp³-hybridized carbons (Fsp3) is 0.578. The zero-order valence-corrected chi connectivity index (χ0v) is 43.4. The number of guanidine groups is 1. The second-order valence-electron chi connectivity index (χ2n) is 17.6. The van der Waals surface area contributed by atoms with Gasteiger partial charge in [-0.05, 0) is 56.6 Å². The lowest BCUT2D eigenvalue weighted by Crippen LogP contribution is -2.60. The van der Waals surface area contributed by atoms with Crippen LogP contribution in [0.4, 0.5) is 0 Å². The van der Waals surface area contributed by atoms with Gasteiger partial charge in [-0.2, -0.15) is 12.6 Å². The maximum atomic E-state index is 13.8. The lowest BCUT2D eigenvalue weighted by molar-refractivity contribution is -0.136. The Morgan fingerprint density at radius 3 is 1.58 bits per heavy atom. The monoisotopic (exact) mass is 1090 g/mol. The summed E-state index contributed by atoms with van der Waals surface area (Å²) < 4.78 is 0. The highest BCUT2D eigenvalue weighted by molar-refractivity contribution is 7.80. The van der Waals surface area contributed by atoms with Gasteiger partial charge in [0.25, 0.3) is 0 Å². The molecule has 0 aliphatic heterocycles. The van der Waals surface area contributed by atoms with Crippen molar-refractivity contribution in [2.24, 2.45) is 51.0 Å². The smallest absolute Gasteiger partial charge is 0.245 e. The van der Waals surface area contributed by atoms with Gasteiger partial charge in [0.2, 0.25) is 70.9 Å². The molecule has 0 aliphatic carbocycles. The molecule has 31 heteroatoms. The van der Waals surface area contributed by atoms with E-state index in [2.05, 4.69) is 65.5 Å². The van der Waals surface area contributed by atoms with Crippen molar-refractivity contribution in [3.8, 4) is 0 Å². The van der Waals surface area contributed by atoms with Gasteiger partial charge < -0.3 is 93.1 Å². The van der Waals surface area contributed by atoms with Crippen molar-refractivity contribution in [1.29, 1.82) is 0 Å². The van der Waals surface area contributed by atoms with Crippen LogP contribution in [0.1, 0.15) is 70.8 Å². The third-order valence-corrected chi connectivity index (χ3v) is 11.4. The number of hydrogen-bond acceptors (Lipinski definition) is 17. The number of unbranched alkanes of at least 4 members (excludes halogenated alkanes) is 1. The van der Waals surface area contributed by atoms with Gasteiger partial charge in [0.15, 0.2) is 5.96 Å². The fourth-order valence-corrected chi connectivity index (χ4v) is 6.95. The number of aliphatic imine (C=N–C) groups is 1. The number of benzene rings is 1. The van der Waals surface area contributed by atoms with Crippen LogP contribution in [-0.4, -0.2) is 169 Å². The SMILES string of the molecule is CC(C)[C@H](N)C(=O)N[C@@H](CCC(N)=O)C(=O)NCC(=O)N[C@@H](CO)C(=O)N[C@@H](CC(N)=O)C(=O)N[C@@H](CS)C(=O)N[C@@H](Cc1ccccc1)C(=O)NCC(=O)N[C@@H](CCCN=C(N)N)C(=O)N[C@@H](CCCCN)C(N)=O. The maximum Gasteiger partial charge on any atom is 0.245 e. The average Bonchev–Trinajstić information content (AvgIpc) is 3.36. The van der Waals surface area contributed by atoms with Crippen LogP contribution < -0.4 is 88.0 Å². The standard InChI is InChI=1S/C45H75N17O13S/c1-23(2)36(49)44(75)59-27(13-14-32(47)64)38(69)54-20-35(67)57-30(21-63)42(73)61-29(18-33(48)65)41(72)62-31(22-76)43(74)60-28(17-24-9-4-3-5-10-24)39(70)55-19-34(66)56-26(12-8-16-53-45(51)52)40(71)58-25(37(50)68)11-6-7-15-46/h3-5,9-10,23,25-31,36,63,76H,6-8,11-22,46,49H2,1-2H3,(H2,47,64)(H2,48,65)(H2,50,68)(H,54,69)(H,55,70)(H,56,66)(H,57,67)(H,58,71)(H,59,75)(H,60,74)(H,61,73)(H,62,72)(H4,51,52,53)/t25-,26-,27-,28-,29-,30-,31-,36-/m0/s1. The molecule has 76 heavy (non-hydrogen) atoms. The minimum absolute atomic E-state index is 0.00786. The first-order valence-corrected chi connectivity index (χ1v) is 24.8. The van der Waals surface area contributed by atoms with Crippen molar-refractivity contribution in [1.82, 2.24) is 47.9 Å². The molecule has 0 bridgehead atoms. The van der Waals surface area contributed by atoms with Gasteiger partial charge in [0.1, 0.15) is 42.3 Å². The highest BCUT2D eigenvalue weighted by atomic mass is 32.1. The number of nitrogens with one attached hydrogen (secondary N) is 9. The van der Waals surface area contributed by atoms with Crippen LogP contribution in [0.25, 0.3) is 0 Å². The van der Waals surface area contributed by atoms with E-state index in [9.17, 15) is 62.6 Å². The number of aliphatic hydroxyl groups excluding tert-OH is 1. The Morgan fingerprint density at radius 1 is 0.566 bits per heavy atom. The summed E-state index contributed by atoms with van der Waals surface area (Å²) in [5.41, 5.74) is 38.8. The quantitative estimate of drug-likeness (QED) is 0.0127. The molecule has 1 aromatic carbocycles. The van der Waals surface area contributed by atoms with E-state index in [0.717, 1.165) is 0 Å². The van der Waals surface area contributed by atoms with Gasteiger partial charge in [-0.15, -0.1) is 0 Å². The van der Waals surface area contributed by atoms with E-state index in [0.29, 0.717) is 24.9 Å². The topological polar surface area (TPSA) is 528 Å². The fourth-order valence-electron chi connectivity index (χ4n) is 6.70. The van der Waals surface area contributed by atoms with E-state index in [4.69, 9.17) is 40.1 Å². The van der Waals surface area contributed by atoms with Crippen LogP contribution in [0.3, 0.4) is 0 Å². The number of aliphatic hydroxyl groups is 1. The molecule has 30 nitrogen and oxygen atoms in total. The molecule has 0 heterocycles. The first-order valence-electron chi connectivity index (χ1n) is 24.1. The summed E-state index contributed by atoms with van der Waals surface area (Å²) >= 11 is 4.16. The van der Waals surface area contributed by atoms with Crippen LogP contribution in [0.15, 0.2) is 35.3 Å². The van der Waals surface area contributed by atoms with Crippen LogP contribution in [0.5, 0.6) is 0 Å². The molecular formula is C45H75N17O13S. The van der Waals surface area contributed by atoms with Crippen molar-refractivity contribution < 1.29 is 62.6 Å². The molecule has 0 radical (unpaired) electrons. The molecule has 12 amide bonds. The number of carbonyl (C=O) groups is 12. The molecule has 0 spiro atoms. The van der Waals surface area contributed by atoms with Crippen molar-refractivity contribution >= 4 is 89.5 Å². The van der Waals surface area contributed by atoms with Gasteiger partial charge in [-0.1, -0.05) is 44.2 Å². The van der Waals surface area contributed by atoms with Gasteiger partial charge >= 0.3 is 0 Å². The molecule has 1 aromatic rings. The van der Waals surface area contributed by atoms with Gasteiger partial charge in [0, 0.05) is 25.1 Å². The van der Waals surface area contributed by atoms with E-state index in [1.54, 1.807) is 44.2 Å². The number of hydrogen-bond donors (Lipinski definition) is 18. The van der Waals surface area contributed by atoms with E-state index in [1.807, 2.05) is 0 Å². The molecule has 8 atom stereocenters. The molecule has 0 fully saturated rings. The number of nitrogens with two attached hydrogens (primary N) is 7. The Balaban J connectivity index is 3.18. The van der Waals surface area contributed by atoms with Crippen molar-refractivity contribution in [2.75, 3.05) is 38.5 Å². The minimum atomic E-state index is -1.82. The summed E-state index contributed by atoms with van der Waals surface area (Å²) in [4.78, 5) is 159. The van der Waals surface area contributed by atoms with Crippen molar-refractivity contribution in [3.63, 3.8) is 0 Å². The van der Waals surface area contributed by atoms with Gasteiger partial charge in [0.05, 0.1) is 32.2 Å². The number of primary amides is 3. The zero-order chi connectivity index (χ0) is 57.5. The van der Waals surface area contributed by atoms with Crippen molar-refractivity contribution in [2.45, 2.75) is 120 Å². The Labute approximate surface area is 444 Å². The van der Waals surface area contributed by atoms with Crippen LogP contribution in [0.2, 0.25) is 0 Å².